The van der Waals surface area contributed by atoms with Crippen molar-refractivity contribution in [2.45, 2.75) is 44.9 Å². The van der Waals surface area contributed by atoms with E-state index in [-0.39, 0.29) is 0 Å². The molecule has 0 aliphatic carbocycles. The fourth-order valence-electron chi connectivity index (χ4n) is 4.01. The van der Waals surface area contributed by atoms with E-state index in [0.29, 0.717) is 5.92 Å². The van der Waals surface area contributed by atoms with Gasteiger partial charge >= 0.3 is 0 Å². The Morgan fingerprint density at radius 2 is 1.83 bits per heavy atom. The maximum Gasteiger partial charge on any atom is 0.133 e. The van der Waals surface area contributed by atoms with Gasteiger partial charge < -0.3 is 10.2 Å². The molecule has 0 atom stereocenters. The molecule has 0 bridgehead atoms. The van der Waals surface area contributed by atoms with E-state index in [9.17, 15) is 0 Å². The van der Waals surface area contributed by atoms with Gasteiger partial charge in [0.15, 0.2) is 0 Å². The van der Waals surface area contributed by atoms with E-state index in [2.05, 4.69) is 53.1 Å². The van der Waals surface area contributed by atoms with Gasteiger partial charge in [-0.3, -0.25) is 0 Å². The van der Waals surface area contributed by atoms with Crippen LogP contribution in [0.5, 0.6) is 0 Å². The van der Waals surface area contributed by atoms with Gasteiger partial charge in [-0.25, -0.2) is 4.68 Å². The van der Waals surface area contributed by atoms with Gasteiger partial charge in [0.1, 0.15) is 5.82 Å². The summed E-state index contributed by atoms with van der Waals surface area (Å²) in [6, 6.07) is 8.73. The van der Waals surface area contributed by atoms with Crippen molar-refractivity contribution in [2.75, 3.05) is 32.0 Å². The normalized spacial score (nSPS) is 19.6. The number of nitrogens with one attached hydrogen (secondary N) is 1. The number of hydrogen-bond donors (Lipinski definition) is 1. The van der Waals surface area contributed by atoms with Crippen LogP contribution in [0.25, 0.3) is 5.69 Å². The van der Waals surface area contributed by atoms with Gasteiger partial charge in [0.25, 0.3) is 0 Å². The zero-order valence-electron chi connectivity index (χ0n) is 14.9. The fraction of sp³-hybridized carbons (Fsp3) is 0.550. The standard InChI is InChI=1S/C20H28N4/c1-15-6-8-17(9-7-15)24-20-18(5-3-4-12-21-20)19(22-24)16-10-13-23(2)14-11-16/h6-9,16,21H,3-5,10-14H2,1-2H3. The van der Waals surface area contributed by atoms with Crippen LogP contribution in [0.2, 0.25) is 0 Å². The summed E-state index contributed by atoms with van der Waals surface area (Å²) in [5, 5.41) is 8.78. The molecule has 4 nitrogen and oxygen atoms in total. The lowest BCUT2D eigenvalue weighted by Crippen LogP contribution is -2.29. The first kappa shape index (κ1) is 15.7. The Morgan fingerprint density at radius 3 is 2.58 bits per heavy atom. The molecule has 128 valence electrons. The second-order valence-electron chi connectivity index (χ2n) is 7.42. The summed E-state index contributed by atoms with van der Waals surface area (Å²) < 4.78 is 2.16. The third-order valence-electron chi connectivity index (χ3n) is 5.54. The largest absolute Gasteiger partial charge is 0.370 e. The quantitative estimate of drug-likeness (QED) is 0.913. The molecule has 3 heterocycles. The molecule has 4 rings (SSSR count). The van der Waals surface area contributed by atoms with Crippen LogP contribution >= 0.6 is 0 Å². The molecule has 0 radical (unpaired) electrons. The summed E-state index contributed by atoms with van der Waals surface area (Å²) >= 11 is 0. The molecule has 1 aromatic heterocycles. The van der Waals surface area contributed by atoms with E-state index in [1.54, 1.807) is 0 Å². The van der Waals surface area contributed by atoms with Gasteiger partial charge in [-0.15, -0.1) is 0 Å². The number of rotatable bonds is 2. The summed E-state index contributed by atoms with van der Waals surface area (Å²) in [4.78, 5) is 2.43. The van der Waals surface area contributed by atoms with E-state index < -0.39 is 0 Å². The molecule has 0 spiro atoms. The number of aromatic nitrogens is 2. The van der Waals surface area contributed by atoms with Crippen molar-refractivity contribution in [2.24, 2.45) is 0 Å². The summed E-state index contributed by atoms with van der Waals surface area (Å²) in [6.45, 7) is 5.56. The van der Waals surface area contributed by atoms with Crippen LogP contribution in [0.4, 0.5) is 5.82 Å². The monoisotopic (exact) mass is 324 g/mol. The van der Waals surface area contributed by atoms with E-state index in [0.717, 1.165) is 13.0 Å². The number of likely N-dealkylation sites (tertiary alicyclic amines) is 1. The van der Waals surface area contributed by atoms with Crippen LogP contribution in [-0.2, 0) is 6.42 Å². The number of hydrogen-bond acceptors (Lipinski definition) is 3. The zero-order valence-corrected chi connectivity index (χ0v) is 14.9. The number of anilines is 1. The fourth-order valence-corrected chi connectivity index (χ4v) is 4.01. The highest BCUT2D eigenvalue weighted by Gasteiger charge is 2.28. The van der Waals surface area contributed by atoms with Gasteiger partial charge in [0.05, 0.1) is 11.4 Å². The van der Waals surface area contributed by atoms with Gasteiger partial charge in [0.2, 0.25) is 0 Å². The topological polar surface area (TPSA) is 33.1 Å². The first-order valence-corrected chi connectivity index (χ1v) is 9.33. The van der Waals surface area contributed by atoms with Crippen LogP contribution in [0.3, 0.4) is 0 Å². The first-order valence-electron chi connectivity index (χ1n) is 9.33. The molecule has 4 heteroatoms. The van der Waals surface area contributed by atoms with Crippen LogP contribution in [-0.4, -0.2) is 41.4 Å². The van der Waals surface area contributed by atoms with Crippen molar-refractivity contribution < 1.29 is 0 Å². The molecule has 1 aromatic carbocycles. The Labute approximate surface area is 144 Å². The number of fused-ring (bicyclic) bond motifs is 1. The molecular formula is C20H28N4. The van der Waals surface area contributed by atoms with Crippen molar-refractivity contribution in [3.8, 4) is 5.69 Å². The van der Waals surface area contributed by atoms with Crippen molar-refractivity contribution in [1.29, 1.82) is 0 Å². The summed E-state index contributed by atoms with van der Waals surface area (Å²) in [6.07, 6.45) is 6.13. The minimum atomic E-state index is 0.613. The molecule has 1 N–H and O–H groups in total. The predicted octanol–water partition coefficient (Wildman–Crippen LogP) is 3.74. The van der Waals surface area contributed by atoms with E-state index in [1.807, 2.05) is 0 Å². The van der Waals surface area contributed by atoms with Crippen molar-refractivity contribution in [3.63, 3.8) is 0 Å². The number of benzene rings is 1. The van der Waals surface area contributed by atoms with Crippen molar-refractivity contribution in [3.05, 3.63) is 41.1 Å². The van der Waals surface area contributed by atoms with Gasteiger partial charge in [-0.2, -0.15) is 5.10 Å². The average molecular weight is 324 g/mol. The Balaban J connectivity index is 1.75. The van der Waals surface area contributed by atoms with E-state index in [4.69, 9.17) is 5.10 Å². The molecular weight excluding hydrogens is 296 g/mol. The van der Waals surface area contributed by atoms with Gasteiger partial charge in [-0.1, -0.05) is 17.7 Å². The Bertz CT molecular complexity index is 693. The average Bonchev–Trinajstić information content (AvgIpc) is 2.78. The van der Waals surface area contributed by atoms with E-state index >= 15 is 0 Å². The molecule has 0 saturated carbocycles. The highest BCUT2D eigenvalue weighted by molar-refractivity contribution is 5.55. The van der Waals surface area contributed by atoms with Crippen molar-refractivity contribution >= 4 is 5.82 Å². The second-order valence-corrected chi connectivity index (χ2v) is 7.42. The smallest absolute Gasteiger partial charge is 0.133 e. The molecule has 2 aliphatic rings. The predicted molar refractivity (Wildman–Crippen MR) is 99.2 cm³/mol. The van der Waals surface area contributed by atoms with Crippen LogP contribution < -0.4 is 5.32 Å². The summed E-state index contributed by atoms with van der Waals surface area (Å²) in [7, 11) is 2.23. The lowest BCUT2D eigenvalue weighted by molar-refractivity contribution is 0.252. The highest BCUT2D eigenvalue weighted by Crippen LogP contribution is 2.36. The maximum absolute atomic E-state index is 5.12. The Kier molecular flexibility index (Phi) is 4.31. The third kappa shape index (κ3) is 2.95. The van der Waals surface area contributed by atoms with Crippen LogP contribution in [0.1, 0.15) is 48.4 Å². The van der Waals surface area contributed by atoms with E-state index in [1.165, 1.54) is 67.1 Å². The lowest BCUT2D eigenvalue weighted by Gasteiger charge is -2.28. The Hall–Kier alpha value is -1.81. The SMILES string of the molecule is Cc1ccc(-n2nc(C3CCN(C)CC3)c3c2NCCCC3)cc1. The second kappa shape index (κ2) is 6.60. The number of aryl methyl sites for hydroxylation is 1. The van der Waals surface area contributed by atoms with Gasteiger partial charge in [0, 0.05) is 18.0 Å². The van der Waals surface area contributed by atoms with Crippen LogP contribution in [0.15, 0.2) is 24.3 Å². The molecule has 2 aliphatic heterocycles. The molecule has 24 heavy (non-hydrogen) atoms. The highest BCUT2D eigenvalue weighted by atomic mass is 15.3. The molecule has 0 amide bonds. The Morgan fingerprint density at radius 1 is 1.08 bits per heavy atom. The molecule has 2 aromatic rings. The third-order valence-corrected chi connectivity index (χ3v) is 5.54. The zero-order chi connectivity index (χ0) is 16.5. The molecule has 1 saturated heterocycles. The summed E-state index contributed by atoms with van der Waals surface area (Å²) in [5.41, 5.74) is 5.29. The molecule has 1 fully saturated rings. The van der Waals surface area contributed by atoms with Gasteiger partial charge in [-0.05, 0) is 71.3 Å². The minimum Gasteiger partial charge on any atom is -0.370 e. The van der Waals surface area contributed by atoms with Crippen LogP contribution in [0, 0.1) is 6.92 Å². The number of piperidine rings is 1. The lowest BCUT2D eigenvalue weighted by atomic mass is 9.90. The van der Waals surface area contributed by atoms with Crippen molar-refractivity contribution in [1.82, 2.24) is 14.7 Å². The number of nitrogens with zero attached hydrogens (tertiary/aromatic N) is 3. The first-order chi connectivity index (χ1) is 11.7. The molecule has 0 unspecified atom stereocenters. The minimum absolute atomic E-state index is 0.613. The summed E-state index contributed by atoms with van der Waals surface area (Å²) in [5.74, 6) is 1.85. The maximum atomic E-state index is 5.12.